The Labute approximate surface area is 55.0 Å². The maximum absolute atomic E-state index is 10.6. The van der Waals surface area contributed by atoms with Crippen molar-refractivity contribution in [1.29, 1.82) is 0 Å². The average Bonchev–Trinajstić information content (AvgIpc) is 2.33. The second-order valence-electron chi connectivity index (χ2n) is 1.78. The van der Waals surface area contributed by atoms with Gasteiger partial charge in [-0.2, -0.15) is 10.1 Å². The smallest absolute Gasteiger partial charge is 0.279 e. The molecular weight excluding hydrogens is 134 g/mol. The molecule has 0 unspecified atom stereocenters. The van der Waals surface area contributed by atoms with Crippen LogP contribution in [0.2, 0.25) is 0 Å². The highest BCUT2D eigenvalue weighted by Crippen LogP contribution is 2.09. The van der Waals surface area contributed by atoms with Crippen LogP contribution >= 0.6 is 0 Å². The molecule has 5 heteroatoms. The zero-order valence-corrected chi connectivity index (χ0v) is 4.87. The van der Waals surface area contributed by atoms with Gasteiger partial charge in [0.2, 0.25) is 0 Å². The zero-order valence-electron chi connectivity index (χ0n) is 4.87. The lowest BCUT2D eigenvalue weighted by molar-refractivity contribution is 0.393. The highest BCUT2D eigenvalue weighted by atomic mass is 16.5. The number of nitrogens with zero attached hydrogens (tertiary/aromatic N) is 2. The number of hydrogen-bond donors (Lipinski definition) is 1. The Kier molecular flexibility index (Phi) is 0.858. The predicted octanol–water partition coefficient (Wildman–Crippen LogP) is -0.137. The molecule has 0 aromatic rings. The second-order valence-corrected chi connectivity index (χ2v) is 1.78. The van der Waals surface area contributed by atoms with Crippen molar-refractivity contribution < 1.29 is 4.52 Å². The van der Waals surface area contributed by atoms with Crippen molar-refractivity contribution in [1.82, 2.24) is 15.1 Å². The Morgan fingerprint density at radius 1 is 1.50 bits per heavy atom. The van der Waals surface area contributed by atoms with Crippen LogP contribution in [0.25, 0.3) is 11.6 Å². The van der Waals surface area contributed by atoms with Gasteiger partial charge in [0.1, 0.15) is 12.0 Å². The monoisotopic (exact) mass is 137 g/mol. The summed E-state index contributed by atoms with van der Waals surface area (Å²) in [6, 6.07) is 1.33. The van der Waals surface area contributed by atoms with Crippen LogP contribution in [0.4, 0.5) is 0 Å². The molecule has 0 radical (unpaired) electrons. The van der Waals surface area contributed by atoms with Crippen LogP contribution < -0.4 is 5.56 Å². The lowest BCUT2D eigenvalue weighted by atomic mass is 10.4. The van der Waals surface area contributed by atoms with Gasteiger partial charge in [-0.15, -0.1) is 0 Å². The highest BCUT2D eigenvalue weighted by Gasteiger charge is 2.06. The van der Waals surface area contributed by atoms with Crippen LogP contribution in [0, 0.1) is 0 Å². The summed E-state index contributed by atoms with van der Waals surface area (Å²) in [5.41, 5.74) is 0.164. The van der Waals surface area contributed by atoms with E-state index in [1.807, 2.05) is 0 Å². The van der Waals surface area contributed by atoms with Gasteiger partial charge in [0, 0.05) is 6.07 Å². The molecule has 2 heterocycles. The molecule has 1 N–H and O–H groups in total. The number of imidazole rings is 1. The minimum Gasteiger partial charge on any atom is -0.356 e. The molecule has 0 amide bonds. The van der Waals surface area contributed by atoms with E-state index in [2.05, 4.69) is 19.6 Å². The molecule has 0 aromatic heterocycles. The molecule has 2 aliphatic heterocycles. The molecule has 0 aromatic carbocycles. The standard InChI is InChI=1S/C5H3N3O2/c9-4-1-3-5(10-8-4)7-2-6-3/h1-2H,(H,8,9). The van der Waals surface area contributed by atoms with E-state index >= 15 is 0 Å². The average molecular weight is 137 g/mol. The molecule has 5 nitrogen and oxygen atoms in total. The van der Waals surface area contributed by atoms with Crippen LogP contribution in [-0.4, -0.2) is 15.1 Å². The van der Waals surface area contributed by atoms with Crippen molar-refractivity contribution in [3.8, 4) is 11.6 Å². The zero-order chi connectivity index (χ0) is 6.97. The van der Waals surface area contributed by atoms with E-state index in [1.54, 1.807) is 0 Å². The van der Waals surface area contributed by atoms with Gasteiger partial charge in [0.25, 0.3) is 11.4 Å². The molecule has 0 saturated carbocycles. The van der Waals surface area contributed by atoms with Crippen LogP contribution in [-0.2, 0) is 0 Å². The summed E-state index contributed by atoms with van der Waals surface area (Å²) in [4.78, 5) is 18.0. The van der Waals surface area contributed by atoms with E-state index in [1.165, 1.54) is 12.4 Å². The summed E-state index contributed by atoms with van der Waals surface area (Å²) in [6.07, 6.45) is 1.33. The molecule has 0 spiro atoms. The van der Waals surface area contributed by atoms with E-state index in [-0.39, 0.29) is 5.56 Å². The molecular formula is C5H3N3O2. The number of H-pyrrole nitrogens is 1. The Hall–Kier alpha value is -1.65. The SMILES string of the molecule is O=c1cc2ncnc-2o[nH]1. The molecule has 0 atom stereocenters. The first-order valence-electron chi connectivity index (χ1n) is 2.65. The predicted molar refractivity (Wildman–Crippen MR) is 31.5 cm³/mol. The molecule has 2 aliphatic rings. The first kappa shape index (κ1) is 5.16. The molecule has 0 aliphatic carbocycles. The van der Waals surface area contributed by atoms with E-state index in [0.717, 1.165) is 0 Å². The molecule has 2 rings (SSSR count). The molecule has 0 bridgehead atoms. The molecule has 10 heavy (non-hydrogen) atoms. The normalized spacial score (nSPS) is 10.4. The molecule has 0 saturated heterocycles. The number of rotatable bonds is 0. The van der Waals surface area contributed by atoms with Gasteiger partial charge < -0.3 is 4.52 Å². The van der Waals surface area contributed by atoms with E-state index < -0.39 is 0 Å². The third-order valence-corrected chi connectivity index (χ3v) is 1.11. The quantitative estimate of drug-likeness (QED) is 0.548. The Bertz CT molecular complexity index is 363. The minimum atomic E-state index is -0.312. The fourth-order valence-corrected chi connectivity index (χ4v) is 0.695. The third kappa shape index (κ3) is 0.604. The van der Waals surface area contributed by atoms with Gasteiger partial charge in [-0.25, -0.2) is 4.98 Å². The van der Waals surface area contributed by atoms with Gasteiger partial charge in [-0.05, 0) is 0 Å². The van der Waals surface area contributed by atoms with E-state index in [0.29, 0.717) is 11.6 Å². The number of fused-ring (bicyclic) bond motifs is 1. The van der Waals surface area contributed by atoms with Gasteiger partial charge in [-0.3, -0.25) is 4.79 Å². The van der Waals surface area contributed by atoms with Crippen LogP contribution in [0.15, 0.2) is 21.7 Å². The van der Waals surface area contributed by atoms with Gasteiger partial charge in [0.05, 0.1) is 0 Å². The summed E-state index contributed by atoms with van der Waals surface area (Å²) in [5.74, 6) is 0.347. The lowest BCUT2D eigenvalue weighted by Gasteiger charge is -1.87. The van der Waals surface area contributed by atoms with Crippen molar-refractivity contribution in [3.63, 3.8) is 0 Å². The lowest BCUT2D eigenvalue weighted by Crippen LogP contribution is -2.03. The van der Waals surface area contributed by atoms with E-state index in [9.17, 15) is 4.79 Å². The van der Waals surface area contributed by atoms with Crippen molar-refractivity contribution in [2.24, 2.45) is 0 Å². The number of aromatic nitrogens is 3. The summed E-state index contributed by atoms with van der Waals surface area (Å²) < 4.78 is 4.67. The Morgan fingerprint density at radius 2 is 2.40 bits per heavy atom. The van der Waals surface area contributed by atoms with E-state index in [4.69, 9.17) is 0 Å². The summed E-state index contributed by atoms with van der Waals surface area (Å²) in [5, 5.41) is 2.13. The fourth-order valence-electron chi connectivity index (χ4n) is 0.695. The van der Waals surface area contributed by atoms with Gasteiger partial charge >= 0.3 is 0 Å². The molecule has 0 fully saturated rings. The Morgan fingerprint density at radius 3 is 3.30 bits per heavy atom. The second kappa shape index (κ2) is 1.66. The highest BCUT2D eigenvalue weighted by molar-refractivity contribution is 5.45. The van der Waals surface area contributed by atoms with Crippen LogP contribution in [0.5, 0.6) is 0 Å². The number of aromatic amines is 1. The summed E-state index contributed by atoms with van der Waals surface area (Å²) in [6.45, 7) is 0. The number of nitrogens with one attached hydrogen (secondary N) is 1. The van der Waals surface area contributed by atoms with Gasteiger partial charge in [0.15, 0.2) is 0 Å². The maximum atomic E-state index is 10.6. The summed E-state index contributed by atoms with van der Waals surface area (Å²) in [7, 11) is 0. The van der Waals surface area contributed by atoms with Gasteiger partial charge in [-0.1, -0.05) is 0 Å². The largest absolute Gasteiger partial charge is 0.356 e. The van der Waals surface area contributed by atoms with Crippen molar-refractivity contribution in [2.75, 3.05) is 0 Å². The van der Waals surface area contributed by atoms with Crippen LogP contribution in [0.1, 0.15) is 0 Å². The summed E-state index contributed by atoms with van der Waals surface area (Å²) >= 11 is 0. The fraction of sp³-hybridized carbons (Fsp3) is 0. The minimum absolute atomic E-state index is 0.312. The topological polar surface area (TPSA) is 71.8 Å². The van der Waals surface area contributed by atoms with Crippen molar-refractivity contribution >= 4 is 0 Å². The Balaban J connectivity index is 2.87. The van der Waals surface area contributed by atoms with Crippen LogP contribution in [0.3, 0.4) is 0 Å². The number of hydrogen-bond acceptors (Lipinski definition) is 4. The maximum Gasteiger partial charge on any atom is 0.279 e. The van der Waals surface area contributed by atoms with Crippen molar-refractivity contribution in [2.45, 2.75) is 0 Å². The molecule has 50 valence electrons. The van der Waals surface area contributed by atoms with Crippen molar-refractivity contribution in [3.05, 3.63) is 22.7 Å². The first-order chi connectivity index (χ1) is 4.86. The third-order valence-electron chi connectivity index (χ3n) is 1.11. The first-order valence-corrected chi connectivity index (χ1v) is 2.65.